The van der Waals surface area contributed by atoms with Crippen LogP contribution < -0.4 is 10.3 Å². The highest BCUT2D eigenvalue weighted by atomic mass is 19.4. The molecule has 0 bridgehead atoms. The van der Waals surface area contributed by atoms with Gasteiger partial charge in [0.2, 0.25) is 5.88 Å². The minimum atomic E-state index is -4.98. The number of nitrogens with zero attached hydrogens (tertiary/aromatic N) is 1. The molecular weight excluding hydrogens is 217 g/mol. The zero-order valence-electron chi connectivity index (χ0n) is 6.92. The second kappa shape index (κ2) is 3.53. The number of hydrogen-bond acceptors (Lipinski definition) is 4. The molecule has 5 nitrogen and oxygen atoms in total. The minimum Gasteiger partial charge on any atom is -0.502 e. The number of alkyl halides is 3. The summed E-state index contributed by atoms with van der Waals surface area (Å²) in [4.78, 5) is 12.4. The van der Waals surface area contributed by atoms with Gasteiger partial charge in [-0.05, 0) is 0 Å². The zero-order chi connectivity index (χ0) is 11.6. The monoisotopic (exact) mass is 220 g/mol. The molecule has 0 fully saturated rings. The summed E-state index contributed by atoms with van der Waals surface area (Å²) in [7, 11) is 0. The zero-order valence-corrected chi connectivity index (χ0v) is 6.92. The van der Waals surface area contributed by atoms with Crippen molar-refractivity contribution in [1.82, 2.24) is 4.98 Å². The number of aromatic nitrogens is 1. The second-order valence-corrected chi connectivity index (χ2v) is 2.38. The average molecular weight is 220 g/mol. The lowest BCUT2D eigenvalue weighted by molar-refractivity contribution is -0.276. The molecule has 0 aliphatic heterocycles. The van der Waals surface area contributed by atoms with Gasteiger partial charge in [0.1, 0.15) is 11.6 Å². The van der Waals surface area contributed by atoms with Gasteiger partial charge >= 0.3 is 6.36 Å². The molecule has 0 saturated heterocycles. The van der Waals surface area contributed by atoms with Crippen LogP contribution in [0.15, 0.2) is 10.9 Å². The Morgan fingerprint density at radius 1 is 1.53 bits per heavy atom. The van der Waals surface area contributed by atoms with Crippen molar-refractivity contribution in [2.75, 3.05) is 0 Å². The third-order valence-electron chi connectivity index (χ3n) is 1.33. The maximum Gasteiger partial charge on any atom is 0.574 e. The Kier molecular flexibility index (Phi) is 2.57. The summed E-state index contributed by atoms with van der Waals surface area (Å²) in [6.07, 6.45) is -4.98. The molecule has 0 atom stereocenters. The second-order valence-electron chi connectivity index (χ2n) is 2.38. The summed E-state index contributed by atoms with van der Waals surface area (Å²) in [5.41, 5.74) is -1.83. The Balaban J connectivity index is 3.20. The number of H-pyrrole nitrogens is 1. The number of ether oxygens (including phenoxy) is 1. The van der Waals surface area contributed by atoms with Gasteiger partial charge in [0.25, 0.3) is 5.56 Å². The van der Waals surface area contributed by atoms with Gasteiger partial charge in [0, 0.05) is 6.07 Å². The van der Waals surface area contributed by atoms with Crippen LogP contribution in [0.1, 0.15) is 5.56 Å². The molecule has 80 valence electrons. The number of aromatic amines is 1. The molecule has 1 heterocycles. The van der Waals surface area contributed by atoms with Crippen molar-refractivity contribution in [1.29, 1.82) is 5.26 Å². The predicted molar refractivity (Wildman–Crippen MR) is 40.1 cm³/mol. The molecule has 1 aromatic rings. The maximum absolute atomic E-state index is 11.7. The summed E-state index contributed by atoms with van der Waals surface area (Å²) < 4.78 is 38.5. The fourth-order valence-electron chi connectivity index (χ4n) is 0.794. The topological polar surface area (TPSA) is 86.1 Å². The van der Waals surface area contributed by atoms with Crippen LogP contribution in [0.3, 0.4) is 0 Å². The number of halogens is 3. The van der Waals surface area contributed by atoms with Crippen LogP contribution in [0.25, 0.3) is 0 Å². The van der Waals surface area contributed by atoms with Crippen LogP contribution >= 0.6 is 0 Å². The molecule has 15 heavy (non-hydrogen) atoms. The molecule has 0 radical (unpaired) electrons. The van der Waals surface area contributed by atoms with Gasteiger partial charge in [0.05, 0.1) is 0 Å². The molecule has 0 aliphatic carbocycles. The lowest BCUT2D eigenvalue weighted by atomic mass is 10.2. The molecule has 0 unspecified atom stereocenters. The van der Waals surface area contributed by atoms with Gasteiger partial charge in [0.15, 0.2) is 5.75 Å². The van der Waals surface area contributed by atoms with Gasteiger partial charge in [-0.15, -0.1) is 13.2 Å². The highest BCUT2D eigenvalue weighted by molar-refractivity contribution is 5.42. The van der Waals surface area contributed by atoms with E-state index in [1.54, 1.807) is 4.98 Å². The predicted octanol–water partition coefficient (Wildman–Crippen LogP) is 0.851. The quantitative estimate of drug-likeness (QED) is 0.734. The number of pyridine rings is 1. The number of aromatic hydroxyl groups is 1. The number of hydrogen-bond donors (Lipinski definition) is 2. The number of nitriles is 1. The third kappa shape index (κ3) is 2.63. The first-order valence-electron chi connectivity index (χ1n) is 3.45. The summed E-state index contributed by atoms with van der Waals surface area (Å²) in [6.45, 7) is 0. The molecule has 1 rings (SSSR count). The molecule has 2 N–H and O–H groups in total. The normalized spacial score (nSPS) is 10.8. The summed E-state index contributed by atoms with van der Waals surface area (Å²) in [5, 5.41) is 17.3. The molecule has 8 heteroatoms. The number of nitrogens with one attached hydrogen (secondary N) is 1. The lowest BCUT2D eigenvalue weighted by Crippen LogP contribution is -2.20. The first kappa shape index (κ1) is 10.9. The van der Waals surface area contributed by atoms with Crippen molar-refractivity contribution in [3.8, 4) is 17.7 Å². The number of rotatable bonds is 1. The molecule has 0 saturated carbocycles. The van der Waals surface area contributed by atoms with E-state index in [9.17, 15) is 18.0 Å². The Morgan fingerprint density at radius 3 is 2.60 bits per heavy atom. The first-order chi connectivity index (χ1) is 6.83. The Morgan fingerprint density at radius 2 is 2.13 bits per heavy atom. The van der Waals surface area contributed by atoms with Gasteiger partial charge in [-0.25, -0.2) is 0 Å². The van der Waals surface area contributed by atoms with Crippen molar-refractivity contribution >= 4 is 0 Å². The summed E-state index contributed by atoms with van der Waals surface area (Å²) in [5.74, 6) is -1.91. The molecule has 0 amide bonds. The molecule has 1 aromatic heterocycles. The molecule has 0 spiro atoms. The van der Waals surface area contributed by atoms with E-state index >= 15 is 0 Å². The van der Waals surface area contributed by atoms with E-state index in [2.05, 4.69) is 4.74 Å². The Labute approximate surface area is 80.3 Å². The minimum absolute atomic E-state index is 0.574. The van der Waals surface area contributed by atoms with Crippen molar-refractivity contribution in [2.24, 2.45) is 0 Å². The Bertz CT molecular complexity index is 472. The van der Waals surface area contributed by atoms with E-state index in [0.717, 1.165) is 0 Å². The fraction of sp³-hybridized carbons (Fsp3) is 0.143. The van der Waals surface area contributed by atoms with Crippen LogP contribution in [0, 0.1) is 11.3 Å². The van der Waals surface area contributed by atoms with E-state index in [0.29, 0.717) is 6.07 Å². The summed E-state index contributed by atoms with van der Waals surface area (Å²) >= 11 is 0. The van der Waals surface area contributed by atoms with Crippen molar-refractivity contribution < 1.29 is 23.0 Å². The maximum atomic E-state index is 11.7. The third-order valence-corrected chi connectivity index (χ3v) is 1.33. The lowest BCUT2D eigenvalue weighted by Gasteiger charge is -2.08. The van der Waals surface area contributed by atoms with Crippen molar-refractivity contribution in [3.05, 3.63) is 22.0 Å². The van der Waals surface area contributed by atoms with E-state index in [1.165, 1.54) is 6.07 Å². The van der Waals surface area contributed by atoms with Crippen LogP contribution in [-0.4, -0.2) is 16.5 Å². The highest BCUT2D eigenvalue weighted by Gasteiger charge is 2.32. The standard InChI is InChI=1S/C7H3F3N2O3/c8-7(9,10)15-4-1-3(2-11)5(13)6(14)12-4/h1,13H,(H,12,14). The SMILES string of the molecule is N#Cc1cc(OC(F)(F)F)[nH]c(=O)c1O. The molecular formula is C7H3F3N2O3. The van der Waals surface area contributed by atoms with Crippen molar-refractivity contribution in [3.63, 3.8) is 0 Å². The molecule has 0 aliphatic rings. The fourth-order valence-corrected chi connectivity index (χ4v) is 0.794. The van der Waals surface area contributed by atoms with E-state index in [-0.39, 0.29) is 0 Å². The highest BCUT2D eigenvalue weighted by Crippen LogP contribution is 2.22. The largest absolute Gasteiger partial charge is 0.574 e. The van der Waals surface area contributed by atoms with Gasteiger partial charge in [-0.1, -0.05) is 0 Å². The first-order valence-corrected chi connectivity index (χ1v) is 3.45. The Hall–Kier alpha value is -2.17. The van der Waals surface area contributed by atoms with Crippen LogP contribution in [0.2, 0.25) is 0 Å². The van der Waals surface area contributed by atoms with Gasteiger partial charge in [-0.2, -0.15) is 5.26 Å². The molecule has 0 aromatic carbocycles. The average Bonchev–Trinajstić information content (AvgIpc) is 2.08. The van der Waals surface area contributed by atoms with Crippen LogP contribution in [0.4, 0.5) is 13.2 Å². The van der Waals surface area contributed by atoms with E-state index < -0.39 is 29.1 Å². The van der Waals surface area contributed by atoms with Gasteiger partial charge < -0.3 is 9.84 Å². The summed E-state index contributed by atoms with van der Waals surface area (Å²) in [6, 6.07) is 1.92. The van der Waals surface area contributed by atoms with E-state index in [4.69, 9.17) is 10.4 Å². The van der Waals surface area contributed by atoms with Crippen LogP contribution in [0.5, 0.6) is 11.6 Å². The van der Waals surface area contributed by atoms with Crippen LogP contribution in [-0.2, 0) is 0 Å². The van der Waals surface area contributed by atoms with Crippen molar-refractivity contribution in [2.45, 2.75) is 6.36 Å². The van der Waals surface area contributed by atoms with Gasteiger partial charge in [-0.3, -0.25) is 9.78 Å². The smallest absolute Gasteiger partial charge is 0.502 e. The van der Waals surface area contributed by atoms with E-state index in [1.807, 2.05) is 0 Å².